The summed E-state index contributed by atoms with van der Waals surface area (Å²) in [5.74, 6) is 1.33. The lowest BCUT2D eigenvalue weighted by molar-refractivity contribution is -0.125. The molecule has 78 valence electrons. The van der Waals surface area contributed by atoms with Crippen LogP contribution in [0.2, 0.25) is 0 Å². The Hall–Kier alpha value is -0.300. The summed E-state index contributed by atoms with van der Waals surface area (Å²) in [6.07, 6.45) is 7.97. The van der Waals surface area contributed by atoms with Gasteiger partial charge in [0.05, 0.1) is 0 Å². The third-order valence-electron chi connectivity index (χ3n) is 4.08. The summed E-state index contributed by atoms with van der Waals surface area (Å²) in [6, 6.07) is 0. The summed E-state index contributed by atoms with van der Waals surface area (Å²) < 4.78 is 0. The lowest BCUT2D eigenvalue weighted by Gasteiger charge is -2.48. The van der Waals surface area contributed by atoms with Gasteiger partial charge < -0.3 is 4.79 Å². The van der Waals surface area contributed by atoms with Crippen molar-refractivity contribution in [3.05, 3.63) is 11.6 Å². The van der Waals surface area contributed by atoms with Crippen LogP contribution in [0.3, 0.4) is 0 Å². The van der Waals surface area contributed by atoms with Crippen LogP contribution < -0.4 is 0 Å². The van der Waals surface area contributed by atoms with Crippen LogP contribution in [-0.2, 0) is 4.79 Å². The Bertz CT molecular complexity index is 253. The molecule has 2 bridgehead atoms. The summed E-state index contributed by atoms with van der Waals surface area (Å²) in [4.78, 5) is 11.3. The molecule has 3 fully saturated rings. The predicted molar refractivity (Wildman–Crippen MR) is 58.2 cm³/mol. The third-order valence-corrected chi connectivity index (χ3v) is 4.22. The Balaban J connectivity index is 2.19. The van der Waals surface area contributed by atoms with Gasteiger partial charge in [-0.2, -0.15) is 0 Å². The zero-order chi connectivity index (χ0) is 10.2. The fourth-order valence-electron chi connectivity index (χ4n) is 3.41. The van der Waals surface area contributed by atoms with Gasteiger partial charge in [0, 0.05) is 10.4 Å². The molecule has 0 radical (unpaired) electrons. The Morgan fingerprint density at radius 1 is 1.43 bits per heavy atom. The number of hydrogen-bond acceptors (Lipinski definition) is 1. The van der Waals surface area contributed by atoms with E-state index in [-0.39, 0.29) is 5.41 Å². The minimum atomic E-state index is -0.153. The monoisotopic (exact) mass is 212 g/mol. The number of hydrogen-bond donors (Lipinski definition) is 0. The molecule has 1 unspecified atom stereocenters. The molecule has 2 heteroatoms. The molecule has 3 rings (SSSR count). The molecular weight excluding hydrogens is 196 g/mol. The van der Waals surface area contributed by atoms with E-state index in [9.17, 15) is 4.79 Å². The van der Waals surface area contributed by atoms with E-state index in [1.807, 2.05) is 0 Å². The Kier molecular flexibility index (Phi) is 2.70. The van der Waals surface area contributed by atoms with E-state index in [0.717, 1.165) is 18.6 Å². The minimum Gasteiger partial charge on any atom is -0.303 e. The van der Waals surface area contributed by atoms with E-state index >= 15 is 0 Å². The Labute approximate surface area is 90.5 Å². The van der Waals surface area contributed by atoms with E-state index in [1.54, 1.807) is 0 Å². The molecule has 14 heavy (non-hydrogen) atoms. The molecule has 3 saturated carbocycles. The van der Waals surface area contributed by atoms with Crippen molar-refractivity contribution in [3.8, 4) is 0 Å². The average molecular weight is 213 g/mol. The van der Waals surface area contributed by atoms with Crippen LogP contribution >= 0.6 is 11.6 Å². The summed E-state index contributed by atoms with van der Waals surface area (Å²) in [5.41, 5.74) is -0.153. The van der Waals surface area contributed by atoms with Gasteiger partial charge in [0.15, 0.2) is 0 Å². The maximum atomic E-state index is 11.3. The third kappa shape index (κ3) is 1.63. The van der Waals surface area contributed by atoms with E-state index < -0.39 is 0 Å². The minimum absolute atomic E-state index is 0.153. The second-order valence-corrected chi connectivity index (χ2v) is 5.50. The topological polar surface area (TPSA) is 17.1 Å². The van der Waals surface area contributed by atoms with Gasteiger partial charge in [-0.25, -0.2) is 0 Å². The molecule has 3 aliphatic rings. The van der Waals surface area contributed by atoms with E-state index in [1.165, 1.54) is 25.7 Å². The highest BCUT2D eigenvalue weighted by atomic mass is 35.5. The zero-order valence-corrected chi connectivity index (χ0v) is 9.22. The van der Waals surface area contributed by atoms with E-state index in [0.29, 0.717) is 17.4 Å². The molecule has 0 aromatic carbocycles. The Morgan fingerprint density at radius 2 is 2.07 bits per heavy atom. The van der Waals surface area contributed by atoms with E-state index in [4.69, 9.17) is 11.6 Å². The molecule has 1 nitrogen and oxygen atoms in total. The number of allylic oxidation sites excluding steroid dienone is 1. The van der Waals surface area contributed by atoms with Crippen molar-refractivity contribution in [2.45, 2.75) is 38.5 Å². The summed E-state index contributed by atoms with van der Waals surface area (Å²) >= 11 is 5.86. The SMILES string of the molecule is C=C(Cl)CC1(C=O)CC2CCC1CC2. The van der Waals surface area contributed by atoms with Gasteiger partial charge >= 0.3 is 0 Å². The second-order valence-electron chi connectivity index (χ2n) is 4.97. The van der Waals surface area contributed by atoms with Gasteiger partial charge in [0.25, 0.3) is 0 Å². The standard InChI is InChI=1S/C12H17ClO/c1-9(13)6-12(8-14)7-10-2-4-11(12)5-3-10/h8,10-11H,1-7H2. The van der Waals surface area contributed by atoms with Gasteiger partial charge in [0.2, 0.25) is 0 Å². The molecule has 0 aliphatic heterocycles. The quantitative estimate of drug-likeness (QED) is 0.655. The molecule has 0 saturated heterocycles. The number of carbonyl (C=O) groups excluding carboxylic acids is 1. The Morgan fingerprint density at radius 3 is 2.43 bits per heavy atom. The van der Waals surface area contributed by atoms with Crippen molar-refractivity contribution in [3.63, 3.8) is 0 Å². The first-order valence-electron chi connectivity index (χ1n) is 5.46. The highest BCUT2D eigenvalue weighted by molar-refractivity contribution is 6.29. The van der Waals surface area contributed by atoms with Crippen LogP contribution in [0.4, 0.5) is 0 Å². The average Bonchev–Trinajstić information content (AvgIpc) is 2.18. The summed E-state index contributed by atoms with van der Waals surface area (Å²) in [5, 5.41) is 0.643. The first-order valence-corrected chi connectivity index (χ1v) is 5.84. The zero-order valence-electron chi connectivity index (χ0n) is 8.47. The number of carbonyl (C=O) groups is 1. The second kappa shape index (κ2) is 3.69. The van der Waals surface area contributed by atoms with Crippen LogP contribution in [0, 0.1) is 17.3 Å². The molecule has 0 amide bonds. The van der Waals surface area contributed by atoms with Crippen molar-refractivity contribution >= 4 is 17.9 Å². The van der Waals surface area contributed by atoms with Crippen molar-refractivity contribution in [2.75, 3.05) is 0 Å². The van der Waals surface area contributed by atoms with Crippen LogP contribution in [0.25, 0.3) is 0 Å². The molecule has 0 aromatic heterocycles. The van der Waals surface area contributed by atoms with Crippen molar-refractivity contribution in [1.82, 2.24) is 0 Å². The van der Waals surface area contributed by atoms with E-state index in [2.05, 4.69) is 6.58 Å². The van der Waals surface area contributed by atoms with Crippen LogP contribution in [-0.4, -0.2) is 6.29 Å². The van der Waals surface area contributed by atoms with Gasteiger partial charge in [-0.1, -0.05) is 31.0 Å². The lowest BCUT2D eigenvalue weighted by atomic mass is 9.55. The number of halogens is 1. The van der Waals surface area contributed by atoms with Gasteiger partial charge in [-0.15, -0.1) is 0 Å². The number of rotatable bonds is 3. The molecular formula is C12H17ClO. The normalized spacial score (nSPS) is 40.9. The van der Waals surface area contributed by atoms with Gasteiger partial charge in [-0.05, 0) is 37.5 Å². The van der Waals surface area contributed by atoms with Crippen LogP contribution in [0.15, 0.2) is 11.6 Å². The van der Waals surface area contributed by atoms with Crippen molar-refractivity contribution in [1.29, 1.82) is 0 Å². The summed E-state index contributed by atoms with van der Waals surface area (Å²) in [7, 11) is 0. The molecule has 3 aliphatic carbocycles. The van der Waals surface area contributed by atoms with Crippen LogP contribution in [0.1, 0.15) is 38.5 Å². The summed E-state index contributed by atoms with van der Waals surface area (Å²) in [6.45, 7) is 3.73. The smallest absolute Gasteiger partial charge is 0.126 e. The first kappa shape index (κ1) is 10.2. The maximum absolute atomic E-state index is 11.3. The molecule has 1 atom stereocenters. The number of fused-ring (bicyclic) bond motifs is 3. The lowest BCUT2D eigenvalue weighted by Crippen LogP contribution is -2.42. The number of aldehydes is 1. The first-order chi connectivity index (χ1) is 6.66. The largest absolute Gasteiger partial charge is 0.303 e. The van der Waals surface area contributed by atoms with Crippen LogP contribution in [0.5, 0.6) is 0 Å². The van der Waals surface area contributed by atoms with Gasteiger partial charge in [-0.3, -0.25) is 0 Å². The molecule has 0 N–H and O–H groups in total. The van der Waals surface area contributed by atoms with Gasteiger partial charge in [0.1, 0.15) is 6.29 Å². The fourth-order valence-corrected chi connectivity index (χ4v) is 3.65. The highest BCUT2D eigenvalue weighted by Gasteiger charge is 2.47. The highest BCUT2D eigenvalue weighted by Crippen LogP contribution is 2.54. The maximum Gasteiger partial charge on any atom is 0.126 e. The predicted octanol–water partition coefficient (Wildman–Crippen LogP) is 3.52. The fraction of sp³-hybridized carbons (Fsp3) is 0.750. The van der Waals surface area contributed by atoms with Crippen molar-refractivity contribution in [2.24, 2.45) is 17.3 Å². The molecule has 0 aromatic rings. The molecule has 0 spiro atoms. The molecule has 0 heterocycles. The van der Waals surface area contributed by atoms with Crippen molar-refractivity contribution < 1.29 is 4.79 Å².